The van der Waals surface area contributed by atoms with Crippen molar-refractivity contribution in [2.24, 2.45) is 5.73 Å². The number of nitrogens with zero attached hydrogens (tertiary/aromatic N) is 4. The van der Waals surface area contributed by atoms with Crippen molar-refractivity contribution in [1.82, 2.24) is 14.9 Å². The molecule has 2 amide bonds. The zero-order valence-corrected chi connectivity index (χ0v) is 20.6. The summed E-state index contributed by atoms with van der Waals surface area (Å²) in [6, 6.07) is 7.98. The van der Waals surface area contributed by atoms with Crippen LogP contribution in [0.5, 0.6) is 5.88 Å². The zero-order valence-electron chi connectivity index (χ0n) is 20.6. The van der Waals surface area contributed by atoms with Crippen LogP contribution in [0.1, 0.15) is 21.5 Å². The third kappa shape index (κ3) is 5.48. The van der Waals surface area contributed by atoms with Gasteiger partial charge in [0.25, 0.3) is 5.91 Å². The molecule has 5 rings (SSSR count). The number of aromatic nitrogens is 2. The van der Waals surface area contributed by atoms with E-state index in [1.165, 1.54) is 0 Å². The van der Waals surface area contributed by atoms with Gasteiger partial charge in [0.05, 0.1) is 37.5 Å². The molecule has 4 heterocycles. The second-order valence-corrected chi connectivity index (χ2v) is 9.27. The first-order valence-corrected chi connectivity index (χ1v) is 12.2. The first kappa shape index (κ1) is 24.9. The van der Waals surface area contributed by atoms with Crippen LogP contribution >= 0.6 is 0 Å². The number of hydrogen-bond acceptors (Lipinski definition) is 9. The maximum absolute atomic E-state index is 13.7. The Balaban J connectivity index is 1.48. The molecule has 0 saturated carbocycles. The number of carbonyl (C=O) groups excluding carboxylic acids is 2. The number of fused-ring (bicyclic) bond motifs is 1. The molecule has 0 bridgehead atoms. The molecule has 2 fully saturated rings. The SMILES string of the molecule is Cc1cc(O)nc2ccc(NC(=O)c3cc(CN4CCOCC4)cnc3N3CCOCC3C(N)=O)cc12. The van der Waals surface area contributed by atoms with E-state index in [0.717, 1.165) is 29.6 Å². The molecule has 194 valence electrons. The molecule has 0 spiro atoms. The highest BCUT2D eigenvalue weighted by Gasteiger charge is 2.32. The lowest BCUT2D eigenvalue weighted by Crippen LogP contribution is -2.53. The molecule has 2 aromatic heterocycles. The standard InChI is InChI=1S/C26H30N6O5/c1-16-10-23(33)30-21-3-2-18(12-19(16)21)29-26(35)20-11-17(14-31-4-7-36-8-5-31)13-28-25(20)32-6-9-37-15-22(32)24(27)34/h2-3,10-13,22H,4-9,14-15H2,1H3,(H2,27,34)(H,29,35)(H,30,33). The molecular weight excluding hydrogens is 476 g/mol. The number of anilines is 2. The van der Waals surface area contributed by atoms with Gasteiger partial charge in [0.2, 0.25) is 11.8 Å². The number of rotatable bonds is 6. The number of benzene rings is 1. The number of nitrogens with one attached hydrogen (secondary N) is 1. The zero-order chi connectivity index (χ0) is 25.9. The van der Waals surface area contributed by atoms with Crippen LogP contribution in [0, 0.1) is 6.92 Å². The first-order valence-electron chi connectivity index (χ1n) is 12.2. The number of pyridine rings is 2. The topological polar surface area (TPSA) is 143 Å². The van der Waals surface area contributed by atoms with Crippen LogP contribution in [0.25, 0.3) is 10.9 Å². The summed E-state index contributed by atoms with van der Waals surface area (Å²) in [7, 11) is 0. The molecule has 1 atom stereocenters. The van der Waals surface area contributed by atoms with Crippen LogP contribution < -0.4 is 16.0 Å². The van der Waals surface area contributed by atoms with Gasteiger partial charge in [-0.2, -0.15) is 0 Å². The first-order chi connectivity index (χ1) is 17.9. The minimum atomic E-state index is -0.722. The fourth-order valence-electron chi connectivity index (χ4n) is 4.75. The van der Waals surface area contributed by atoms with Crippen LogP contribution in [-0.4, -0.2) is 83.9 Å². The molecule has 2 saturated heterocycles. The van der Waals surface area contributed by atoms with Gasteiger partial charge >= 0.3 is 0 Å². The van der Waals surface area contributed by atoms with Gasteiger partial charge in [-0.25, -0.2) is 9.97 Å². The highest BCUT2D eigenvalue weighted by molar-refractivity contribution is 6.08. The van der Waals surface area contributed by atoms with E-state index < -0.39 is 11.9 Å². The Morgan fingerprint density at radius 3 is 2.70 bits per heavy atom. The second kappa shape index (κ2) is 10.7. The molecule has 1 unspecified atom stereocenters. The highest BCUT2D eigenvalue weighted by atomic mass is 16.5. The summed E-state index contributed by atoms with van der Waals surface area (Å²) >= 11 is 0. The summed E-state index contributed by atoms with van der Waals surface area (Å²) in [5.41, 5.74) is 8.92. The minimum Gasteiger partial charge on any atom is -0.493 e. The molecular formula is C26H30N6O5. The Morgan fingerprint density at radius 2 is 1.92 bits per heavy atom. The van der Waals surface area contributed by atoms with Gasteiger partial charge in [-0.3, -0.25) is 14.5 Å². The third-order valence-electron chi connectivity index (χ3n) is 6.67. The van der Waals surface area contributed by atoms with E-state index in [9.17, 15) is 14.7 Å². The van der Waals surface area contributed by atoms with Gasteiger partial charge in [-0.05, 0) is 42.3 Å². The van der Waals surface area contributed by atoms with Crippen molar-refractivity contribution in [1.29, 1.82) is 0 Å². The van der Waals surface area contributed by atoms with E-state index in [-0.39, 0.29) is 18.4 Å². The number of ether oxygens (including phenoxy) is 2. The molecule has 37 heavy (non-hydrogen) atoms. The van der Waals surface area contributed by atoms with Gasteiger partial charge in [0, 0.05) is 49.5 Å². The Labute approximate surface area is 214 Å². The number of morpholine rings is 2. The van der Waals surface area contributed by atoms with Gasteiger partial charge in [-0.15, -0.1) is 0 Å². The van der Waals surface area contributed by atoms with Gasteiger partial charge < -0.3 is 30.5 Å². The van der Waals surface area contributed by atoms with Crippen molar-refractivity contribution < 1.29 is 24.2 Å². The predicted octanol–water partition coefficient (Wildman–Crippen LogP) is 1.42. The molecule has 0 radical (unpaired) electrons. The molecule has 11 nitrogen and oxygen atoms in total. The molecule has 3 aromatic rings. The lowest BCUT2D eigenvalue weighted by molar-refractivity contribution is -0.121. The van der Waals surface area contributed by atoms with E-state index in [0.29, 0.717) is 55.5 Å². The van der Waals surface area contributed by atoms with E-state index in [1.807, 2.05) is 19.1 Å². The highest BCUT2D eigenvalue weighted by Crippen LogP contribution is 2.27. The maximum Gasteiger partial charge on any atom is 0.259 e. The third-order valence-corrected chi connectivity index (χ3v) is 6.67. The minimum absolute atomic E-state index is 0.0518. The Morgan fingerprint density at radius 1 is 1.14 bits per heavy atom. The summed E-state index contributed by atoms with van der Waals surface area (Å²) in [5.74, 6) is -0.557. The lowest BCUT2D eigenvalue weighted by Gasteiger charge is -2.35. The average molecular weight is 507 g/mol. The molecule has 4 N–H and O–H groups in total. The quantitative estimate of drug-likeness (QED) is 0.452. The normalized spacial score (nSPS) is 18.6. The van der Waals surface area contributed by atoms with Crippen molar-refractivity contribution in [2.45, 2.75) is 19.5 Å². The molecule has 2 aliphatic rings. The van der Waals surface area contributed by atoms with E-state index in [2.05, 4.69) is 20.2 Å². The van der Waals surface area contributed by atoms with E-state index in [4.69, 9.17) is 15.2 Å². The van der Waals surface area contributed by atoms with Crippen LogP contribution in [0.4, 0.5) is 11.5 Å². The average Bonchev–Trinajstić information content (AvgIpc) is 2.89. The molecule has 1 aromatic carbocycles. The fourth-order valence-corrected chi connectivity index (χ4v) is 4.75. The molecule has 11 heteroatoms. The summed E-state index contributed by atoms with van der Waals surface area (Å²) in [4.78, 5) is 38.6. The summed E-state index contributed by atoms with van der Waals surface area (Å²) < 4.78 is 10.9. The van der Waals surface area contributed by atoms with Crippen molar-refractivity contribution in [3.05, 3.63) is 53.2 Å². The van der Waals surface area contributed by atoms with E-state index in [1.54, 1.807) is 29.3 Å². The number of carbonyl (C=O) groups is 2. The molecule has 2 aliphatic heterocycles. The van der Waals surface area contributed by atoms with Gasteiger partial charge in [0.1, 0.15) is 11.9 Å². The monoisotopic (exact) mass is 506 g/mol. The van der Waals surface area contributed by atoms with Crippen molar-refractivity contribution in [3.8, 4) is 5.88 Å². The van der Waals surface area contributed by atoms with Crippen LogP contribution in [0.15, 0.2) is 36.5 Å². The molecule has 0 aliphatic carbocycles. The Kier molecular flexibility index (Phi) is 7.17. The van der Waals surface area contributed by atoms with Crippen LogP contribution in [0.3, 0.4) is 0 Å². The number of primary amides is 1. The number of aromatic hydroxyl groups is 1. The lowest BCUT2D eigenvalue weighted by atomic mass is 10.1. The van der Waals surface area contributed by atoms with Crippen molar-refractivity contribution >= 4 is 34.2 Å². The Hall–Kier alpha value is -3.80. The fraction of sp³-hybridized carbons (Fsp3) is 0.385. The summed E-state index contributed by atoms with van der Waals surface area (Å²) in [6.45, 7) is 6.35. The number of aryl methyl sites for hydroxylation is 1. The number of nitrogens with two attached hydrogens (primary N) is 1. The summed E-state index contributed by atoms with van der Waals surface area (Å²) in [6.07, 6.45) is 1.74. The Bertz CT molecular complexity index is 1330. The van der Waals surface area contributed by atoms with E-state index >= 15 is 0 Å². The van der Waals surface area contributed by atoms with Gasteiger partial charge in [-0.1, -0.05) is 0 Å². The van der Waals surface area contributed by atoms with Crippen molar-refractivity contribution in [2.75, 3.05) is 56.3 Å². The van der Waals surface area contributed by atoms with Gasteiger partial charge in [0.15, 0.2) is 0 Å². The smallest absolute Gasteiger partial charge is 0.259 e. The largest absolute Gasteiger partial charge is 0.493 e. The predicted molar refractivity (Wildman–Crippen MR) is 138 cm³/mol. The number of hydrogen-bond donors (Lipinski definition) is 3. The van der Waals surface area contributed by atoms with Crippen molar-refractivity contribution in [3.63, 3.8) is 0 Å². The second-order valence-electron chi connectivity index (χ2n) is 9.27. The number of amides is 2. The summed E-state index contributed by atoms with van der Waals surface area (Å²) in [5, 5.41) is 13.6. The van der Waals surface area contributed by atoms with Crippen LogP contribution in [0.2, 0.25) is 0 Å². The maximum atomic E-state index is 13.7. The van der Waals surface area contributed by atoms with Crippen LogP contribution in [-0.2, 0) is 20.8 Å².